The summed E-state index contributed by atoms with van der Waals surface area (Å²) >= 11 is 6.01. The fourth-order valence-electron chi connectivity index (χ4n) is 2.39. The molecule has 1 N–H and O–H groups in total. The Balaban J connectivity index is 2.07. The van der Waals surface area contributed by atoms with E-state index in [9.17, 15) is 0 Å². The van der Waals surface area contributed by atoms with Gasteiger partial charge < -0.3 is 10.2 Å². The molecule has 1 fully saturated rings. The number of hydrogen-bond acceptors (Lipinski definition) is 2. The average Bonchev–Trinajstić information content (AvgIpc) is 2.24. The lowest BCUT2D eigenvalue weighted by Gasteiger charge is -2.38. The van der Waals surface area contributed by atoms with E-state index in [4.69, 9.17) is 11.6 Å². The van der Waals surface area contributed by atoms with Gasteiger partial charge in [0.05, 0.1) is 0 Å². The van der Waals surface area contributed by atoms with E-state index in [0.717, 1.165) is 24.5 Å². The van der Waals surface area contributed by atoms with E-state index in [1.54, 1.807) is 0 Å². The first-order valence-corrected chi connectivity index (χ1v) is 6.22. The first-order chi connectivity index (χ1) is 7.66. The molecule has 1 heterocycles. The van der Waals surface area contributed by atoms with Crippen molar-refractivity contribution in [1.29, 1.82) is 0 Å². The molecule has 2 atom stereocenters. The number of piperazine rings is 1. The molecular weight excluding hydrogens is 220 g/mol. The highest BCUT2D eigenvalue weighted by atomic mass is 35.5. The summed E-state index contributed by atoms with van der Waals surface area (Å²) in [5.74, 6) is 0. The predicted molar refractivity (Wildman–Crippen MR) is 69.0 cm³/mol. The monoisotopic (exact) mass is 238 g/mol. The lowest BCUT2D eigenvalue weighted by molar-refractivity contribution is 0.157. The van der Waals surface area contributed by atoms with Crippen LogP contribution in [0.25, 0.3) is 0 Å². The molecule has 3 heteroatoms. The summed E-state index contributed by atoms with van der Waals surface area (Å²) in [6, 6.07) is 9.28. The van der Waals surface area contributed by atoms with Crippen LogP contribution in [-0.2, 0) is 6.42 Å². The Morgan fingerprint density at radius 1 is 1.50 bits per heavy atom. The van der Waals surface area contributed by atoms with Gasteiger partial charge in [0.2, 0.25) is 0 Å². The van der Waals surface area contributed by atoms with Crippen molar-refractivity contribution in [3.8, 4) is 0 Å². The second-order valence-electron chi connectivity index (χ2n) is 4.62. The first kappa shape index (κ1) is 11.9. The Bertz CT molecular complexity index is 344. The number of nitrogens with zero attached hydrogens (tertiary/aromatic N) is 1. The fraction of sp³-hybridized carbons (Fsp3) is 0.538. The van der Waals surface area contributed by atoms with E-state index in [0.29, 0.717) is 12.1 Å². The van der Waals surface area contributed by atoms with E-state index in [1.165, 1.54) is 5.56 Å². The van der Waals surface area contributed by atoms with Crippen LogP contribution in [0.2, 0.25) is 5.02 Å². The summed E-state index contributed by atoms with van der Waals surface area (Å²) in [6.07, 6.45) is 1.06. The smallest absolute Gasteiger partial charge is 0.0408 e. The van der Waals surface area contributed by atoms with Crippen molar-refractivity contribution in [1.82, 2.24) is 10.2 Å². The van der Waals surface area contributed by atoms with E-state index >= 15 is 0 Å². The summed E-state index contributed by atoms with van der Waals surface area (Å²) in [6.45, 7) is 4.46. The lowest BCUT2D eigenvalue weighted by Crippen LogP contribution is -2.55. The second-order valence-corrected chi connectivity index (χ2v) is 5.06. The van der Waals surface area contributed by atoms with E-state index in [-0.39, 0.29) is 0 Å². The molecule has 88 valence electrons. The second kappa shape index (κ2) is 5.17. The fourth-order valence-corrected chi connectivity index (χ4v) is 2.60. The summed E-state index contributed by atoms with van der Waals surface area (Å²) < 4.78 is 0. The van der Waals surface area contributed by atoms with Gasteiger partial charge in [-0.2, -0.15) is 0 Å². The molecule has 0 aromatic heterocycles. The van der Waals surface area contributed by atoms with Gasteiger partial charge in [-0.1, -0.05) is 23.7 Å². The maximum Gasteiger partial charge on any atom is 0.0408 e. The topological polar surface area (TPSA) is 15.3 Å². The quantitative estimate of drug-likeness (QED) is 0.850. The molecule has 2 unspecified atom stereocenters. The van der Waals surface area contributed by atoms with Gasteiger partial charge >= 0.3 is 0 Å². The number of hydrogen-bond donors (Lipinski definition) is 1. The Kier molecular flexibility index (Phi) is 3.85. The van der Waals surface area contributed by atoms with Crippen LogP contribution in [0.3, 0.4) is 0 Å². The maximum absolute atomic E-state index is 6.01. The molecular formula is C13H19ClN2. The van der Waals surface area contributed by atoms with Crippen molar-refractivity contribution in [2.24, 2.45) is 0 Å². The highest BCUT2D eigenvalue weighted by Gasteiger charge is 2.25. The Morgan fingerprint density at radius 3 is 3.00 bits per heavy atom. The number of likely N-dealkylation sites (N-methyl/N-ethyl adjacent to an activating group) is 1. The van der Waals surface area contributed by atoms with Gasteiger partial charge in [0.1, 0.15) is 0 Å². The van der Waals surface area contributed by atoms with Gasteiger partial charge in [0.25, 0.3) is 0 Å². The molecule has 2 nitrogen and oxygen atoms in total. The molecule has 0 aliphatic carbocycles. The SMILES string of the molecule is CC1NCCN(C)C1Cc1cccc(Cl)c1. The molecule has 1 saturated heterocycles. The molecule has 0 radical (unpaired) electrons. The minimum atomic E-state index is 0.540. The summed E-state index contributed by atoms with van der Waals surface area (Å²) in [5, 5.41) is 4.35. The Hall–Kier alpha value is -0.570. The molecule has 0 spiro atoms. The number of nitrogens with one attached hydrogen (secondary N) is 1. The molecule has 0 saturated carbocycles. The van der Waals surface area contributed by atoms with E-state index < -0.39 is 0 Å². The normalized spacial score (nSPS) is 26.9. The minimum Gasteiger partial charge on any atom is -0.311 e. The van der Waals surface area contributed by atoms with Crippen molar-refractivity contribution in [3.63, 3.8) is 0 Å². The molecule has 1 aliphatic rings. The van der Waals surface area contributed by atoms with Crippen LogP contribution in [0.15, 0.2) is 24.3 Å². The van der Waals surface area contributed by atoms with Crippen molar-refractivity contribution in [3.05, 3.63) is 34.9 Å². The first-order valence-electron chi connectivity index (χ1n) is 5.85. The molecule has 2 rings (SSSR count). The van der Waals surface area contributed by atoms with Crippen LogP contribution in [0.5, 0.6) is 0 Å². The van der Waals surface area contributed by atoms with E-state index in [1.807, 2.05) is 12.1 Å². The molecule has 0 bridgehead atoms. The van der Waals surface area contributed by atoms with Crippen LogP contribution in [0.4, 0.5) is 0 Å². The van der Waals surface area contributed by atoms with Gasteiger partial charge in [-0.05, 0) is 38.1 Å². The summed E-state index contributed by atoms with van der Waals surface area (Å²) in [4.78, 5) is 2.43. The summed E-state index contributed by atoms with van der Waals surface area (Å²) in [5.41, 5.74) is 1.32. The maximum atomic E-state index is 6.01. The highest BCUT2D eigenvalue weighted by molar-refractivity contribution is 6.30. The largest absolute Gasteiger partial charge is 0.311 e. The van der Waals surface area contributed by atoms with Crippen LogP contribution in [0.1, 0.15) is 12.5 Å². The van der Waals surface area contributed by atoms with Crippen LogP contribution in [-0.4, -0.2) is 37.1 Å². The highest BCUT2D eigenvalue weighted by Crippen LogP contribution is 2.17. The minimum absolute atomic E-state index is 0.540. The van der Waals surface area contributed by atoms with Crippen molar-refractivity contribution in [2.45, 2.75) is 25.4 Å². The third kappa shape index (κ3) is 2.76. The third-order valence-corrected chi connectivity index (χ3v) is 3.64. The van der Waals surface area contributed by atoms with Crippen LogP contribution < -0.4 is 5.32 Å². The lowest BCUT2D eigenvalue weighted by atomic mass is 9.97. The third-order valence-electron chi connectivity index (χ3n) is 3.41. The average molecular weight is 239 g/mol. The zero-order chi connectivity index (χ0) is 11.5. The van der Waals surface area contributed by atoms with Gasteiger partial charge in [0.15, 0.2) is 0 Å². The molecule has 1 aromatic rings. The number of halogens is 1. The van der Waals surface area contributed by atoms with Gasteiger partial charge in [-0.3, -0.25) is 0 Å². The zero-order valence-corrected chi connectivity index (χ0v) is 10.7. The number of rotatable bonds is 2. The van der Waals surface area contributed by atoms with Gasteiger partial charge in [0, 0.05) is 30.2 Å². The van der Waals surface area contributed by atoms with Crippen molar-refractivity contribution >= 4 is 11.6 Å². The van der Waals surface area contributed by atoms with Crippen molar-refractivity contribution in [2.75, 3.05) is 20.1 Å². The molecule has 16 heavy (non-hydrogen) atoms. The molecule has 1 aliphatic heterocycles. The standard InChI is InChI=1S/C13H19ClN2/c1-10-13(16(2)7-6-15-10)9-11-4-3-5-12(14)8-11/h3-5,8,10,13,15H,6-7,9H2,1-2H3. The number of benzene rings is 1. The van der Waals surface area contributed by atoms with Gasteiger partial charge in [-0.15, -0.1) is 0 Å². The van der Waals surface area contributed by atoms with Crippen LogP contribution >= 0.6 is 11.6 Å². The van der Waals surface area contributed by atoms with Crippen molar-refractivity contribution < 1.29 is 0 Å². The Morgan fingerprint density at radius 2 is 2.31 bits per heavy atom. The Labute approximate surface area is 103 Å². The molecule has 0 amide bonds. The zero-order valence-electron chi connectivity index (χ0n) is 9.91. The summed E-state index contributed by atoms with van der Waals surface area (Å²) in [7, 11) is 2.20. The van der Waals surface area contributed by atoms with E-state index in [2.05, 4.69) is 36.3 Å². The molecule has 1 aromatic carbocycles. The predicted octanol–water partition coefficient (Wildman–Crippen LogP) is 2.17. The van der Waals surface area contributed by atoms with Gasteiger partial charge in [-0.25, -0.2) is 0 Å². The van der Waals surface area contributed by atoms with Crippen LogP contribution in [0, 0.1) is 0 Å².